The summed E-state index contributed by atoms with van der Waals surface area (Å²) in [7, 11) is 0. The van der Waals surface area contributed by atoms with E-state index >= 15 is 0 Å². The normalized spacial score (nSPS) is 10.2. The minimum absolute atomic E-state index is 0.143. The van der Waals surface area contributed by atoms with E-state index in [0.717, 1.165) is 20.9 Å². The fraction of sp³-hybridized carbons (Fsp3) is 0.0909. The second-order valence-corrected chi connectivity index (χ2v) is 4.22. The molecule has 4 nitrogen and oxygen atoms in total. The van der Waals surface area contributed by atoms with Gasteiger partial charge in [-0.3, -0.25) is 0 Å². The van der Waals surface area contributed by atoms with Crippen molar-refractivity contribution in [2.24, 2.45) is 0 Å². The third-order valence-electron chi connectivity index (χ3n) is 2.25. The molecule has 1 aromatic carbocycles. The predicted molar refractivity (Wildman–Crippen MR) is 62.3 cm³/mol. The maximum absolute atomic E-state index is 10.8. The van der Waals surface area contributed by atoms with Crippen molar-refractivity contribution < 1.29 is 9.90 Å². The van der Waals surface area contributed by atoms with Gasteiger partial charge in [-0.1, -0.05) is 0 Å². The van der Waals surface area contributed by atoms with Crippen LogP contribution < -0.4 is 0 Å². The highest BCUT2D eigenvalue weighted by molar-refractivity contribution is 9.10. The number of carboxylic acids is 1. The molecule has 2 N–H and O–H groups in total. The van der Waals surface area contributed by atoms with E-state index in [9.17, 15) is 4.79 Å². The monoisotopic (exact) mass is 278 g/mol. The lowest BCUT2D eigenvalue weighted by Gasteiger charge is -1.98. The van der Waals surface area contributed by atoms with Gasteiger partial charge in [-0.2, -0.15) is 5.26 Å². The summed E-state index contributed by atoms with van der Waals surface area (Å²) in [5.74, 6) is -0.995. The van der Waals surface area contributed by atoms with Gasteiger partial charge in [-0.05, 0) is 39.7 Å². The van der Waals surface area contributed by atoms with Crippen LogP contribution >= 0.6 is 15.9 Å². The van der Waals surface area contributed by atoms with E-state index in [4.69, 9.17) is 10.4 Å². The number of nitriles is 1. The number of aromatic carboxylic acids is 1. The fourth-order valence-electron chi connectivity index (χ4n) is 1.57. The lowest BCUT2D eigenvalue weighted by molar-refractivity contribution is 0.0691. The average molecular weight is 279 g/mol. The number of nitrogens with one attached hydrogen (secondary N) is 1. The van der Waals surface area contributed by atoms with Gasteiger partial charge >= 0.3 is 5.97 Å². The van der Waals surface area contributed by atoms with E-state index in [1.807, 2.05) is 12.1 Å². The molecule has 0 radical (unpaired) electrons. The SMILES string of the molecule is N#CCc1cc(Br)c2[nH]c(C(=O)O)cc2c1. The third kappa shape index (κ3) is 1.79. The summed E-state index contributed by atoms with van der Waals surface area (Å²) in [6.07, 6.45) is 0.308. The summed E-state index contributed by atoms with van der Waals surface area (Å²) in [5, 5.41) is 18.2. The number of carboxylic acid groups (broad SMARTS) is 1. The van der Waals surface area contributed by atoms with E-state index in [0.29, 0.717) is 6.42 Å². The highest BCUT2D eigenvalue weighted by Gasteiger charge is 2.10. The Morgan fingerprint density at radius 1 is 1.50 bits per heavy atom. The number of halogens is 1. The Bertz CT molecular complexity index is 610. The molecule has 0 aliphatic rings. The van der Waals surface area contributed by atoms with Gasteiger partial charge in [-0.15, -0.1) is 0 Å². The lowest BCUT2D eigenvalue weighted by Crippen LogP contribution is -1.94. The Morgan fingerprint density at radius 2 is 2.25 bits per heavy atom. The molecule has 80 valence electrons. The van der Waals surface area contributed by atoms with Crippen molar-refractivity contribution in [3.8, 4) is 6.07 Å². The van der Waals surface area contributed by atoms with Gasteiger partial charge in [0.2, 0.25) is 0 Å². The molecule has 0 saturated carbocycles. The Morgan fingerprint density at radius 3 is 2.88 bits per heavy atom. The number of aromatic nitrogens is 1. The number of hydrogen-bond donors (Lipinski definition) is 2. The number of H-pyrrole nitrogens is 1. The zero-order valence-electron chi connectivity index (χ0n) is 8.12. The van der Waals surface area contributed by atoms with Crippen LogP contribution in [-0.2, 0) is 6.42 Å². The van der Waals surface area contributed by atoms with E-state index in [-0.39, 0.29) is 5.69 Å². The van der Waals surface area contributed by atoms with Gasteiger partial charge < -0.3 is 10.1 Å². The first-order valence-electron chi connectivity index (χ1n) is 4.53. The second-order valence-electron chi connectivity index (χ2n) is 3.36. The molecule has 1 heterocycles. The zero-order chi connectivity index (χ0) is 11.7. The van der Waals surface area contributed by atoms with Crippen LogP contribution in [0.5, 0.6) is 0 Å². The first-order chi connectivity index (χ1) is 7.61. The molecule has 1 aromatic heterocycles. The highest BCUT2D eigenvalue weighted by atomic mass is 79.9. The molecule has 2 rings (SSSR count). The standard InChI is InChI=1S/C11H7BrN2O2/c12-8-4-6(1-2-13)3-7-5-9(11(15)16)14-10(7)8/h3-5,14H,1H2,(H,15,16). The number of fused-ring (bicyclic) bond motifs is 1. The third-order valence-corrected chi connectivity index (χ3v) is 2.88. The molecule has 16 heavy (non-hydrogen) atoms. The molecular formula is C11H7BrN2O2. The van der Waals surface area contributed by atoms with Gasteiger partial charge in [0.1, 0.15) is 5.69 Å². The molecule has 0 aliphatic heterocycles. The molecule has 0 saturated heterocycles. The van der Waals surface area contributed by atoms with Crippen molar-refractivity contribution in [1.29, 1.82) is 5.26 Å². The summed E-state index contributed by atoms with van der Waals surface area (Å²) in [5.41, 5.74) is 1.74. The van der Waals surface area contributed by atoms with Crippen LogP contribution in [0, 0.1) is 11.3 Å². The van der Waals surface area contributed by atoms with E-state index in [1.54, 1.807) is 6.07 Å². The van der Waals surface area contributed by atoms with Gasteiger partial charge in [0, 0.05) is 9.86 Å². The number of hydrogen-bond acceptors (Lipinski definition) is 2. The van der Waals surface area contributed by atoms with Crippen LogP contribution in [0.3, 0.4) is 0 Å². The minimum atomic E-state index is -0.995. The Hall–Kier alpha value is -1.80. The molecule has 2 aromatic rings. The van der Waals surface area contributed by atoms with Gasteiger partial charge in [0.25, 0.3) is 0 Å². The number of carbonyl (C=O) groups is 1. The van der Waals surface area contributed by atoms with Crippen molar-refractivity contribution in [3.63, 3.8) is 0 Å². The number of nitrogens with zero attached hydrogens (tertiary/aromatic N) is 1. The predicted octanol–water partition coefficient (Wildman–Crippen LogP) is 2.69. The van der Waals surface area contributed by atoms with Crippen LogP contribution in [0.25, 0.3) is 10.9 Å². The average Bonchev–Trinajstić information content (AvgIpc) is 2.62. The highest BCUT2D eigenvalue weighted by Crippen LogP contribution is 2.26. The molecule has 0 amide bonds. The Labute approximate surface area is 99.6 Å². The quantitative estimate of drug-likeness (QED) is 0.887. The molecule has 5 heteroatoms. The van der Waals surface area contributed by atoms with Crippen molar-refractivity contribution in [2.45, 2.75) is 6.42 Å². The van der Waals surface area contributed by atoms with Crippen LogP contribution in [-0.4, -0.2) is 16.1 Å². The molecule has 0 atom stereocenters. The van der Waals surface area contributed by atoms with E-state index in [2.05, 4.69) is 27.0 Å². The van der Waals surface area contributed by atoms with Crippen molar-refractivity contribution in [3.05, 3.63) is 33.9 Å². The van der Waals surface area contributed by atoms with Crippen LogP contribution in [0.1, 0.15) is 16.1 Å². The smallest absolute Gasteiger partial charge is 0.352 e. The molecule has 0 bridgehead atoms. The first-order valence-corrected chi connectivity index (χ1v) is 5.32. The van der Waals surface area contributed by atoms with Crippen LogP contribution in [0.15, 0.2) is 22.7 Å². The topological polar surface area (TPSA) is 76.9 Å². The van der Waals surface area contributed by atoms with Gasteiger partial charge in [0.15, 0.2) is 0 Å². The van der Waals surface area contributed by atoms with Crippen molar-refractivity contribution in [1.82, 2.24) is 4.98 Å². The fourth-order valence-corrected chi connectivity index (χ4v) is 2.19. The first kappa shape index (κ1) is 10.7. The van der Waals surface area contributed by atoms with Gasteiger partial charge in [-0.25, -0.2) is 4.79 Å². The lowest BCUT2D eigenvalue weighted by atomic mass is 10.1. The summed E-state index contributed by atoms with van der Waals surface area (Å²) < 4.78 is 0.766. The molecule has 0 unspecified atom stereocenters. The van der Waals surface area contributed by atoms with E-state index in [1.165, 1.54) is 0 Å². The molecular weight excluding hydrogens is 272 g/mol. The summed E-state index contributed by atoms with van der Waals surface area (Å²) in [6, 6.07) is 7.24. The van der Waals surface area contributed by atoms with E-state index < -0.39 is 5.97 Å². The van der Waals surface area contributed by atoms with Crippen molar-refractivity contribution >= 4 is 32.8 Å². The molecule has 0 fully saturated rings. The number of aromatic amines is 1. The van der Waals surface area contributed by atoms with Gasteiger partial charge in [0.05, 0.1) is 18.0 Å². The second kappa shape index (κ2) is 3.99. The largest absolute Gasteiger partial charge is 0.477 e. The summed E-state index contributed by atoms with van der Waals surface area (Å²) in [4.78, 5) is 13.6. The van der Waals surface area contributed by atoms with Crippen LogP contribution in [0.2, 0.25) is 0 Å². The summed E-state index contributed by atoms with van der Waals surface area (Å²) in [6.45, 7) is 0. The number of rotatable bonds is 2. The maximum Gasteiger partial charge on any atom is 0.352 e. The molecule has 0 aliphatic carbocycles. The molecule has 0 spiro atoms. The Balaban J connectivity index is 2.64. The zero-order valence-corrected chi connectivity index (χ0v) is 9.71. The number of benzene rings is 1. The minimum Gasteiger partial charge on any atom is -0.477 e. The maximum atomic E-state index is 10.8. The van der Waals surface area contributed by atoms with Crippen molar-refractivity contribution in [2.75, 3.05) is 0 Å². The summed E-state index contributed by atoms with van der Waals surface area (Å²) >= 11 is 3.35. The van der Waals surface area contributed by atoms with Crippen LogP contribution in [0.4, 0.5) is 0 Å². The Kier molecular flexibility index (Phi) is 2.67.